The molecule has 0 saturated carbocycles. The maximum absolute atomic E-state index is 11.2. The molecule has 0 atom stereocenters. The van der Waals surface area contributed by atoms with Crippen molar-refractivity contribution >= 4 is 28.3 Å². The first-order valence-corrected chi connectivity index (χ1v) is 6.70. The fraction of sp³-hybridized carbons (Fsp3) is 0.364. The summed E-state index contributed by atoms with van der Waals surface area (Å²) in [5.41, 5.74) is 11.1. The van der Waals surface area contributed by atoms with Gasteiger partial charge in [0, 0.05) is 25.5 Å². The van der Waals surface area contributed by atoms with E-state index in [1.54, 1.807) is 12.5 Å². The lowest BCUT2D eigenvalue weighted by Crippen LogP contribution is -2.15. The van der Waals surface area contributed by atoms with Gasteiger partial charge in [0.1, 0.15) is 10.6 Å². The summed E-state index contributed by atoms with van der Waals surface area (Å²) in [6, 6.07) is 0. The normalized spacial score (nSPS) is 10.5. The van der Waals surface area contributed by atoms with Crippen molar-refractivity contribution in [2.24, 2.45) is 5.73 Å². The molecule has 1 amide bonds. The molecule has 5 N–H and O–H groups in total. The van der Waals surface area contributed by atoms with Gasteiger partial charge in [-0.1, -0.05) is 0 Å². The van der Waals surface area contributed by atoms with E-state index in [0.29, 0.717) is 10.6 Å². The molecule has 8 heteroatoms. The van der Waals surface area contributed by atoms with Crippen LogP contribution in [0.5, 0.6) is 0 Å². The van der Waals surface area contributed by atoms with Crippen molar-refractivity contribution in [1.29, 1.82) is 0 Å². The van der Waals surface area contributed by atoms with Gasteiger partial charge in [0.05, 0.1) is 6.33 Å². The third-order valence-electron chi connectivity index (χ3n) is 2.65. The van der Waals surface area contributed by atoms with Crippen molar-refractivity contribution in [2.75, 3.05) is 17.6 Å². The molecule has 0 radical (unpaired) electrons. The van der Waals surface area contributed by atoms with E-state index in [1.807, 2.05) is 10.8 Å². The fourth-order valence-electron chi connectivity index (χ4n) is 1.70. The van der Waals surface area contributed by atoms with Crippen molar-refractivity contribution in [3.05, 3.63) is 24.3 Å². The van der Waals surface area contributed by atoms with Crippen molar-refractivity contribution in [2.45, 2.75) is 19.4 Å². The molecule has 0 unspecified atom stereocenters. The number of aromatic nitrogens is 3. The molecule has 2 heterocycles. The maximum Gasteiger partial charge on any atom is 0.255 e. The average molecular weight is 280 g/mol. The van der Waals surface area contributed by atoms with Crippen LogP contribution < -0.4 is 16.8 Å². The summed E-state index contributed by atoms with van der Waals surface area (Å²) in [6.07, 6.45) is 7.47. The minimum absolute atomic E-state index is 0.193. The molecule has 0 aromatic carbocycles. The van der Waals surface area contributed by atoms with Gasteiger partial charge in [-0.15, -0.1) is 0 Å². The van der Waals surface area contributed by atoms with Crippen LogP contribution in [0.3, 0.4) is 0 Å². The minimum Gasteiger partial charge on any atom is -0.382 e. The minimum atomic E-state index is -0.549. The number of hydrogen-bond acceptors (Lipinski definition) is 6. The van der Waals surface area contributed by atoms with Gasteiger partial charge in [-0.3, -0.25) is 4.79 Å². The highest BCUT2D eigenvalue weighted by Crippen LogP contribution is 2.25. The first-order chi connectivity index (χ1) is 9.18. The van der Waals surface area contributed by atoms with Gasteiger partial charge >= 0.3 is 0 Å². The molecule has 0 saturated heterocycles. The predicted molar refractivity (Wildman–Crippen MR) is 75.0 cm³/mol. The van der Waals surface area contributed by atoms with E-state index in [1.165, 1.54) is 0 Å². The Kier molecular flexibility index (Phi) is 4.35. The number of nitrogens with one attached hydrogen (secondary N) is 1. The third-order valence-corrected chi connectivity index (χ3v) is 3.47. The van der Waals surface area contributed by atoms with Crippen molar-refractivity contribution < 1.29 is 4.79 Å². The number of nitrogens with two attached hydrogens (primary N) is 2. The Morgan fingerprint density at radius 3 is 3.00 bits per heavy atom. The molecular weight excluding hydrogens is 264 g/mol. The Morgan fingerprint density at radius 1 is 1.47 bits per heavy atom. The number of unbranched alkanes of at least 4 members (excludes halogenated alkanes) is 1. The van der Waals surface area contributed by atoms with E-state index >= 15 is 0 Å². The second kappa shape index (κ2) is 6.19. The summed E-state index contributed by atoms with van der Waals surface area (Å²) >= 11 is 1.16. The maximum atomic E-state index is 11.2. The summed E-state index contributed by atoms with van der Waals surface area (Å²) in [7, 11) is 0. The number of hydrogen-bond donors (Lipinski definition) is 3. The summed E-state index contributed by atoms with van der Waals surface area (Å²) in [6.45, 7) is 1.67. The lowest BCUT2D eigenvalue weighted by atomic mass is 10.2. The molecular formula is C11H16N6OS. The smallest absolute Gasteiger partial charge is 0.255 e. The van der Waals surface area contributed by atoms with Gasteiger partial charge in [0.25, 0.3) is 5.91 Å². The van der Waals surface area contributed by atoms with E-state index in [2.05, 4.69) is 14.7 Å². The van der Waals surface area contributed by atoms with Crippen LogP contribution in [0.15, 0.2) is 18.7 Å². The van der Waals surface area contributed by atoms with Gasteiger partial charge in [-0.2, -0.15) is 4.37 Å². The molecule has 7 nitrogen and oxygen atoms in total. The molecule has 0 fully saturated rings. The fourth-order valence-corrected chi connectivity index (χ4v) is 2.45. The quantitative estimate of drug-likeness (QED) is 0.653. The molecule has 2 aromatic heterocycles. The standard InChI is InChI=1S/C11H16N6OS/c12-9-8(10(13)18)11(19-16-9)15-3-1-2-5-17-6-4-14-7-17/h4,6-7,15H,1-3,5H2,(H2,12,16)(H2,13,18). The van der Waals surface area contributed by atoms with Crippen LogP contribution in [-0.2, 0) is 6.54 Å². The number of rotatable bonds is 7. The number of amides is 1. The first kappa shape index (κ1) is 13.3. The van der Waals surface area contributed by atoms with E-state index < -0.39 is 5.91 Å². The third kappa shape index (κ3) is 3.44. The van der Waals surface area contributed by atoms with Crippen LogP contribution in [0.4, 0.5) is 10.8 Å². The number of primary amides is 1. The van der Waals surface area contributed by atoms with Gasteiger partial charge < -0.3 is 21.4 Å². The lowest BCUT2D eigenvalue weighted by molar-refractivity contribution is 0.100. The monoisotopic (exact) mass is 280 g/mol. The molecule has 0 spiro atoms. The average Bonchev–Trinajstić information content (AvgIpc) is 2.98. The van der Waals surface area contributed by atoms with Gasteiger partial charge in [-0.25, -0.2) is 4.98 Å². The SMILES string of the molecule is NC(=O)c1c(N)nsc1NCCCCn1ccnc1. The number of imidazole rings is 1. The van der Waals surface area contributed by atoms with Gasteiger partial charge in [-0.05, 0) is 24.4 Å². The van der Waals surface area contributed by atoms with E-state index in [4.69, 9.17) is 11.5 Å². The Labute approximate surface area is 114 Å². The molecule has 0 bridgehead atoms. The highest BCUT2D eigenvalue weighted by atomic mass is 32.1. The summed E-state index contributed by atoms with van der Waals surface area (Å²) in [5.74, 6) is -0.356. The molecule has 102 valence electrons. The Balaban J connectivity index is 1.75. The zero-order valence-electron chi connectivity index (χ0n) is 10.4. The van der Waals surface area contributed by atoms with E-state index in [-0.39, 0.29) is 5.82 Å². The zero-order chi connectivity index (χ0) is 13.7. The van der Waals surface area contributed by atoms with Crippen LogP contribution in [0.25, 0.3) is 0 Å². The molecule has 0 aliphatic carbocycles. The van der Waals surface area contributed by atoms with Crippen LogP contribution in [0, 0.1) is 0 Å². The number of nitrogens with zero attached hydrogens (tertiary/aromatic N) is 3. The van der Waals surface area contributed by atoms with Crippen molar-refractivity contribution in [3.63, 3.8) is 0 Å². The lowest BCUT2D eigenvalue weighted by Gasteiger charge is -2.05. The number of nitrogen functional groups attached to an aromatic ring is 1. The van der Waals surface area contributed by atoms with Crippen LogP contribution in [0.2, 0.25) is 0 Å². The summed E-state index contributed by atoms with van der Waals surface area (Å²) < 4.78 is 5.95. The Hall–Kier alpha value is -2.09. The van der Waals surface area contributed by atoms with Gasteiger partial charge in [0.15, 0.2) is 5.82 Å². The van der Waals surface area contributed by atoms with Gasteiger partial charge in [0.2, 0.25) is 0 Å². The predicted octanol–water partition coefficient (Wildman–Crippen LogP) is 0.913. The molecule has 0 aliphatic heterocycles. The largest absolute Gasteiger partial charge is 0.382 e. The van der Waals surface area contributed by atoms with Crippen LogP contribution in [0.1, 0.15) is 23.2 Å². The second-order valence-corrected chi connectivity index (χ2v) is 4.84. The Bertz CT molecular complexity index is 535. The molecule has 0 aliphatic rings. The first-order valence-electron chi connectivity index (χ1n) is 5.93. The summed E-state index contributed by atoms with van der Waals surface area (Å²) in [5, 5.41) is 3.79. The van der Waals surface area contributed by atoms with E-state index in [9.17, 15) is 4.79 Å². The topological polar surface area (TPSA) is 112 Å². The highest BCUT2D eigenvalue weighted by Gasteiger charge is 2.15. The number of anilines is 2. The number of aryl methyl sites for hydroxylation is 1. The summed E-state index contributed by atoms with van der Waals surface area (Å²) in [4.78, 5) is 15.2. The number of carbonyl (C=O) groups is 1. The molecule has 2 aromatic rings. The van der Waals surface area contributed by atoms with Crippen LogP contribution in [-0.4, -0.2) is 26.4 Å². The molecule has 2 rings (SSSR count). The van der Waals surface area contributed by atoms with Crippen molar-refractivity contribution in [3.8, 4) is 0 Å². The molecule has 19 heavy (non-hydrogen) atoms. The van der Waals surface area contributed by atoms with Crippen molar-refractivity contribution in [1.82, 2.24) is 13.9 Å². The van der Waals surface area contributed by atoms with Crippen LogP contribution >= 0.6 is 11.5 Å². The number of carbonyl (C=O) groups excluding carboxylic acids is 1. The Morgan fingerprint density at radius 2 is 2.32 bits per heavy atom. The zero-order valence-corrected chi connectivity index (χ0v) is 11.2. The highest BCUT2D eigenvalue weighted by molar-refractivity contribution is 7.11. The second-order valence-electron chi connectivity index (χ2n) is 4.07. The van der Waals surface area contributed by atoms with E-state index in [0.717, 1.165) is 37.5 Å².